The molecule has 2 amide bonds. The number of amides is 2. The molecule has 1 aromatic heterocycles. The first-order chi connectivity index (χ1) is 11.7. The van der Waals surface area contributed by atoms with E-state index in [1.165, 1.54) is 0 Å². The maximum absolute atomic E-state index is 12.3. The van der Waals surface area contributed by atoms with Gasteiger partial charge in [-0.05, 0) is 31.5 Å². The highest BCUT2D eigenvalue weighted by Gasteiger charge is 2.19. The minimum Gasteiger partial charge on any atom is -0.493 e. The smallest absolute Gasteiger partial charge is 0.261 e. The maximum atomic E-state index is 12.3. The number of hydrogen-bond acceptors (Lipinski definition) is 4. The topological polar surface area (TPSA) is 73.2 Å². The third-order valence-electron chi connectivity index (χ3n) is 3.63. The van der Waals surface area contributed by atoms with Crippen molar-refractivity contribution in [3.05, 3.63) is 48.3 Å². The molecule has 0 aliphatic rings. The molecule has 0 spiro atoms. The van der Waals surface area contributed by atoms with E-state index in [4.69, 9.17) is 4.74 Å². The first kappa shape index (κ1) is 17.7. The van der Waals surface area contributed by atoms with Crippen LogP contribution in [-0.2, 0) is 4.79 Å². The molecule has 6 heteroatoms. The third-order valence-corrected chi connectivity index (χ3v) is 3.63. The summed E-state index contributed by atoms with van der Waals surface area (Å²) in [5.41, 5.74) is 0.360. The van der Waals surface area contributed by atoms with Crippen molar-refractivity contribution in [1.82, 2.24) is 15.1 Å². The summed E-state index contributed by atoms with van der Waals surface area (Å²) < 4.78 is 7.20. The molecule has 1 heterocycles. The highest BCUT2D eigenvalue weighted by Crippen LogP contribution is 2.19. The second-order valence-electron chi connectivity index (χ2n) is 5.44. The Morgan fingerprint density at radius 1 is 1.25 bits per heavy atom. The van der Waals surface area contributed by atoms with Gasteiger partial charge in [-0.2, -0.15) is 5.10 Å². The summed E-state index contributed by atoms with van der Waals surface area (Å²) in [6, 6.07) is 8.66. The largest absolute Gasteiger partial charge is 0.493 e. The van der Waals surface area contributed by atoms with Crippen LogP contribution >= 0.6 is 0 Å². The highest BCUT2D eigenvalue weighted by molar-refractivity contribution is 6.06. The summed E-state index contributed by atoms with van der Waals surface area (Å²) in [5, 5.41) is 6.64. The number of carbonyl (C=O) groups excluding carboxylic acids is 2. The normalized spacial score (nSPS) is 11.8. The summed E-state index contributed by atoms with van der Waals surface area (Å²) in [6.45, 7) is 4.35. The quantitative estimate of drug-likeness (QED) is 0.808. The molecule has 0 bridgehead atoms. The number of carbonyl (C=O) groups is 2. The molecule has 1 unspecified atom stereocenters. The third kappa shape index (κ3) is 4.68. The number of nitrogens with zero attached hydrogens (tertiary/aromatic N) is 2. The van der Waals surface area contributed by atoms with Crippen molar-refractivity contribution in [3.8, 4) is 5.75 Å². The van der Waals surface area contributed by atoms with Crippen LogP contribution in [-0.4, -0.2) is 28.2 Å². The minimum absolute atomic E-state index is 0.0556. The van der Waals surface area contributed by atoms with Gasteiger partial charge in [-0.25, -0.2) is 0 Å². The number of aromatic nitrogens is 2. The lowest BCUT2D eigenvalue weighted by molar-refractivity contribution is -0.121. The fourth-order valence-corrected chi connectivity index (χ4v) is 2.55. The Kier molecular flexibility index (Phi) is 6.54. The number of rotatable bonds is 8. The van der Waals surface area contributed by atoms with E-state index in [9.17, 15) is 9.59 Å². The first-order valence-electron chi connectivity index (χ1n) is 8.20. The Hall–Kier alpha value is -2.63. The fourth-order valence-electron chi connectivity index (χ4n) is 2.55. The van der Waals surface area contributed by atoms with Crippen molar-refractivity contribution < 1.29 is 14.3 Å². The van der Waals surface area contributed by atoms with Gasteiger partial charge in [-0.1, -0.05) is 25.5 Å². The Bertz CT molecular complexity index is 668. The van der Waals surface area contributed by atoms with Gasteiger partial charge in [0.15, 0.2) is 0 Å². The second-order valence-corrected chi connectivity index (χ2v) is 5.44. The molecular weight excluding hydrogens is 306 g/mol. The van der Waals surface area contributed by atoms with Crippen LogP contribution in [0.4, 0.5) is 0 Å². The van der Waals surface area contributed by atoms with Gasteiger partial charge >= 0.3 is 0 Å². The van der Waals surface area contributed by atoms with Crippen LogP contribution in [0.1, 0.15) is 49.5 Å². The van der Waals surface area contributed by atoms with Gasteiger partial charge in [-0.15, -0.1) is 0 Å². The van der Waals surface area contributed by atoms with Crippen molar-refractivity contribution in [2.45, 2.75) is 39.2 Å². The molecule has 0 fully saturated rings. The molecule has 1 atom stereocenters. The van der Waals surface area contributed by atoms with Crippen LogP contribution in [0.25, 0.3) is 0 Å². The molecule has 2 rings (SSSR count). The standard InChI is InChI=1S/C18H23N3O3/c1-3-8-14(21-12-7-11-19-21)13-17(22)20-18(23)15-9-5-6-10-16(15)24-4-2/h5-7,9-12,14H,3-4,8,13H2,1-2H3,(H,20,22,23). The average Bonchev–Trinajstić information content (AvgIpc) is 3.09. The molecule has 0 saturated carbocycles. The van der Waals surface area contributed by atoms with E-state index >= 15 is 0 Å². The van der Waals surface area contributed by atoms with E-state index in [-0.39, 0.29) is 18.4 Å². The van der Waals surface area contributed by atoms with Crippen LogP contribution in [0, 0.1) is 0 Å². The number of benzene rings is 1. The lowest BCUT2D eigenvalue weighted by atomic mass is 10.1. The van der Waals surface area contributed by atoms with E-state index < -0.39 is 5.91 Å². The summed E-state index contributed by atoms with van der Waals surface area (Å²) in [6.07, 6.45) is 5.47. The zero-order chi connectivity index (χ0) is 17.4. The summed E-state index contributed by atoms with van der Waals surface area (Å²) >= 11 is 0. The average molecular weight is 329 g/mol. The SMILES string of the molecule is CCCC(CC(=O)NC(=O)c1ccccc1OCC)n1cccn1. The highest BCUT2D eigenvalue weighted by atomic mass is 16.5. The maximum Gasteiger partial charge on any atom is 0.261 e. The van der Waals surface area contributed by atoms with E-state index in [2.05, 4.69) is 17.3 Å². The Balaban J connectivity index is 2.02. The van der Waals surface area contributed by atoms with Crippen LogP contribution in [0.15, 0.2) is 42.7 Å². The molecule has 24 heavy (non-hydrogen) atoms. The predicted molar refractivity (Wildman–Crippen MR) is 90.9 cm³/mol. The van der Waals surface area contributed by atoms with Gasteiger partial charge in [-0.3, -0.25) is 19.6 Å². The summed E-state index contributed by atoms with van der Waals surface area (Å²) in [5.74, 6) is -0.289. The predicted octanol–water partition coefficient (Wildman–Crippen LogP) is 2.97. The lowest BCUT2D eigenvalue weighted by Crippen LogP contribution is -2.32. The minimum atomic E-state index is -0.445. The molecule has 0 radical (unpaired) electrons. The van der Waals surface area contributed by atoms with Crippen LogP contribution in [0.5, 0.6) is 5.75 Å². The molecule has 0 saturated heterocycles. The summed E-state index contributed by atoms with van der Waals surface area (Å²) in [4.78, 5) is 24.6. The number of imide groups is 1. The van der Waals surface area contributed by atoms with E-state index in [1.54, 1.807) is 35.1 Å². The molecule has 128 valence electrons. The van der Waals surface area contributed by atoms with E-state index in [0.717, 1.165) is 12.8 Å². The molecule has 0 aliphatic heterocycles. The van der Waals surface area contributed by atoms with Gasteiger partial charge in [0.1, 0.15) is 5.75 Å². The Morgan fingerprint density at radius 3 is 2.71 bits per heavy atom. The first-order valence-corrected chi connectivity index (χ1v) is 8.20. The zero-order valence-corrected chi connectivity index (χ0v) is 14.1. The van der Waals surface area contributed by atoms with Crippen LogP contribution < -0.4 is 10.1 Å². The number of para-hydroxylation sites is 1. The van der Waals surface area contributed by atoms with Gasteiger partial charge in [0.2, 0.25) is 5.91 Å². The zero-order valence-electron chi connectivity index (χ0n) is 14.1. The second kappa shape index (κ2) is 8.86. The molecule has 6 nitrogen and oxygen atoms in total. The van der Waals surface area contributed by atoms with Gasteiger partial charge in [0.05, 0.1) is 18.2 Å². The van der Waals surface area contributed by atoms with Crippen LogP contribution in [0.3, 0.4) is 0 Å². The van der Waals surface area contributed by atoms with Gasteiger partial charge < -0.3 is 4.74 Å². The van der Waals surface area contributed by atoms with Crippen LogP contribution in [0.2, 0.25) is 0 Å². The lowest BCUT2D eigenvalue weighted by Gasteiger charge is -2.16. The number of hydrogen-bond donors (Lipinski definition) is 1. The van der Waals surface area contributed by atoms with Gasteiger partial charge in [0.25, 0.3) is 5.91 Å². The number of nitrogens with one attached hydrogen (secondary N) is 1. The van der Waals surface area contributed by atoms with Crippen molar-refractivity contribution in [1.29, 1.82) is 0 Å². The van der Waals surface area contributed by atoms with Gasteiger partial charge in [0, 0.05) is 18.8 Å². The molecule has 0 aliphatic carbocycles. The monoisotopic (exact) mass is 329 g/mol. The molecule has 2 aromatic rings. The molecule has 1 N–H and O–H groups in total. The van der Waals surface area contributed by atoms with Crippen molar-refractivity contribution in [2.75, 3.05) is 6.61 Å². The Labute approximate surface area is 141 Å². The summed E-state index contributed by atoms with van der Waals surface area (Å²) in [7, 11) is 0. The fraction of sp³-hybridized carbons (Fsp3) is 0.389. The number of ether oxygens (including phenoxy) is 1. The Morgan fingerprint density at radius 2 is 2.04 bits per heavy atom. The molecule has 1 aromatic carbocycles. The van der Waals surface area contributed by atoms with E-state index in [1.807, 2.05) is 19.2 Å². The molecular formula is C18H23N3O3. The van der Waals surface area contributed by atoms with Crippen molar-refractivity contribution in [2.24, 2.45) is 0 Å². The van der Waals surface area contributed by atoms with Crippen molar-refractivity contribution >= 4 is 11.8 Å². The van der Waals surface area contributed by atoms with E-state index in [0.29, 0.717) is 17.9 Å². The van der Waals surface area contributed by atoms with Crippen molar-refractivity contribution in [3.63, 3.8) is 0 Å².